The maximum Gasteiger partial charge on any atom is 0.276 e. The average Bonchev–Trinajstić information content (AvgIpc) is 3.42. The molecule has 26 heavy (non-hydrogen) atoms. The first-order valence-corrected chi connectivity index (χ1v) is 8.15. The Hall–Kier alpha value is -3.62. The third-order valence-electron chi connectivity index (χ3n) is 3.84. The predicted molar refractivity (Wildman–Crippen MR) is 93.5 cm³/mol. The average molecular weight is 351 g/mol. The zero-order valence-electron chi connectivity index (χ0n) is 14.1. The SMILES string of the molecule is CCn1cc(Cn2cc(NC(=O)c3cc(-c4ccco4)[nH]n3)cn2)cn1. The molecule has 4 aromatic rings. The van der Waals surface area contributed by atoms with E-state index in [1.165, 1.54) is 0 Å². The van der Waals surface area contributed by atoms with Gasteiger partial charge in [0.15, 0.2) is 11.5 Å². The highest BCUT2D eigenvalue weighted by Crippen LogP contribution is 2.18. The molecule has 0 atom stereocenters. The number of aromatic amines is 1. The molecule has 0 saturated heterocycles. The second-order valence-corrected chi connectivity index (χ2v) is 5.73. The van der Waals surface area contributed by atoms with Gasteiger partial charge in [-0.3, -0.25) is 19.3 Å². The molecule has 2 N–H and O–H groups in total. The number of carbonyl (C=O) groups is 1. The number of hydrogen-bond acceptors (Lipinski definition) is 5. The lowest BCUT2D eigenvalue weighted by molar-refractivity contribution is 0.102. The Morgan fingerprint density at radius 3 is 2.92 bits per heavy atom. The minimum atomic E-state index is -0.322. The lowest BCUT2D eigenvalue weighted by atomic mass is 10.3. The number of nitrogens with one attached hydrogen (secondary N) is 2. The molecule has 0 unspecified atom stereocenters. The Kier molecular flexibility index (Phi) is 4.10. The van der Waals surface area contributed by atoms with Crippen LogP contribution in [0.25, 0.3) is 11.5 Å². The molecular weight excluding hydrogens is 334 g/mol. The number of H-pyrrole nitrogens is 1. The highest BCUT2D eigenvalue weighted by molar-refractivity contribution is 6.03. The second kappa shape index (κ2) is 6.71. The van der Waals surface area contributed by atoms with E-state index in [1.807, 2.05) is 24.0 Å². The smallest absolute Gasteiger partial charge is 0.276 e. The summed E-state index contributed by atoms with van der Waals surface area (Å²) in [6.07, 6.45) is 8.71. The fourth-order valence-corrected chi connectivity index (χ4v) is 2.55. The fourth-order valence-electron chi connectivity index (χ4n) is 2.55. The van der Waals surface area contributed by atoms with Crippen LogP contribution in [0.5, 0.6) is 0 Å². The molecule has 0 saturated carbocycles. The number of amides is 1. The fraction of sp³-hybridized carbons (Fsp3) is 0.176. The van der Waals surface area contributed by atoms with Crippen molar-refractivity contribution in [2.75, 3.05) is 5.32 Å². The number of hydrogen-bond donors (Lipinski definition) is 2. The van der Waals surface area contributed by atoms with Gasteiger partial charge in [0.1, 0.15) is 5.69 Å². The molecule has 0 bridgehead atoms. The van der Waals surface area contributed by atoms with Crippen molar-refractivity contribution in [2.45, 2.75) is 20.0 Å². The molecule has 9 heteroatoms. The molecule has 0 fully saturated rings. The van der Waals surface area contributed by atoms with Gasteiger partial charge in [-0.05, 0) is 19.1 Å². The summed E-state index contributed by atoms with van der Waals surface area (Å²) in [4.78, 5) is 12.3. The van der Waals surface area contributed by atoms with E-state index in [9.17, 15) is 4.79 Å². The van der Waals surface area contributed by atoms with Crippen LogP contribution in [0.4, 0.5) is 5.69 Å². The molecule has 9 nitrogen and oxygen atoms in total. The number of anilines is 1. The normalized spacial score (nSPS) is 11.0. The number of furan rings is 1. The van der Waals surface area contributed by atoms with E-state index in [4.69, 9.17) is 4.42 Å². The first-order chi connectivity index (χ1) is 12.7. The number of rotatable bonds is 6. The Balaban J connectivity index is 1.41. The molecule has 4 aromatic heterocycles. The molecular formula is C17H17N7O2. The molecule has 0 aliphatic heterocycles. The van der Waals surface area contributed by atoms with E-state index in [0.29, 0.717) is 23.7 Å². The summed E-state index contributed by atoms with van der Waals surface area (Å²) in [5.74, 6) is 0.300. The molecule has 0 aromatic carbocycles. The van der Waals surface area contributed by atoms with Crippen LogP contribution in [-0.2, 0) is 13.1 Å². The van der Waals surface area contributed by atoms with Crippen LogP contribution in [-0.4, -0.2) is 35.7 Å². The molecule has 0 spiro atoms. The summed E-state index contributed by atoms with van der Waals surface area (Å²) in [5, 5.41) is 18.1. The molecule has 0 aliphatic rings. The Labute approximate surface area is 148 Å². The lowest BCUT2D eigenvalue weighted by Gasteiger charge is -1.99. The molecule has 0 aliphatic carbocycles. The van der Waals surface area contributed by atoms with E-state index in [0.717, 1.165) is 12.1 Å². The van der Waals surface area contributed by atoms with Gasteiger partial charge in [0.25, 0.3) is 5.91 Å². The van der Waals surface area contributed by atoms with Gasteiger partial charge >= 0.3 is 0 Å². The molecule has 1 amide bonds. The maximum atomic E-state index is 12.3. The minimum Gasteiger partial charge on any atom is -0.463 e. The van der Waals surface area contributed by atoms with Crippen molar-refractivity contribution >= 4 is 11.6 Å². The Morgan fingerprint density at radius 2 is 2.15 bits per heavy atom. The van der Waals surface area contributed by atoms with Crippen LogP contribution in [0.15, 0.2) is 53.7 Å². The van der Waals surface area contributed by atoms with Gasteiger partial charge in [-0.2, -0.15) is 15.3 Å². The van der Waals surface area contributed by atoms with Crippen LogP contribution in [0.3, 0.4) is 0 Å². The summed E-state index contributed by atoms with van der Waals surface area (Å²) in [7, 11) is 0. The third kappa shape index (κ3) is 3.27. The Bertz CT molecular complexity index is 1010. The number of carbonyl (C=O) groups excluding carboxylic acids is 1. The summed E-state index contributed by atoms with van der Waals surface area (Å²) < 4.78 is 8.88. The standard InChI is InChI=1S/C17H17N7O2/c1-2-23-9-12(7-18-23)10-24-11-13(8-19-24)20-17(25)15-6-14(21-22-15)16-4-3-5-26-16/h3-9,11H,2,10H2,1H3,(H,20,25)(H,21,22). The third-order valence-corrected chi connectivity index (χ3v) is 3.84. The van der Waals surface area contributed by atoms with Gasteiger partial charge in [0.2, 0.25) is 0 Å². The van der Waals surface area contributed by atoms with E-state index in [-0.39, 0.29) is 11.6 Å². The first-order valence-electron chi connectivity index (χ1n) is 8.15. The van der Waals surface area contributed by atoms with Gasteiger partial charge in [-0.1, -0.05) is 0 Å². The molecule has 132 valence electrons. The van der Waals surface area contributed by atoms with E-state index >= 15 is 0 Å². The van der Waals surface area contributed by atoms with Crippen molar-refractivity contribution in [3.05, 3.63) is 60.5 Å². The van der Waals surface area contributed by atoms with E-state index < -0.39 is 0 Å². The Morgan fingerprint density at radius 1 is 1.27 bits per heavy atom. The van der Waals surface area contributed by atoms with E-state index in [2.05, 4.69) is 25.7 Å². The predicted octanol–water partition coefficient (Wildman–Crippen LogP) is 2.38. The lowest BCUT2D eigenvalue weighted by Crippen LogP contribution is -2.11. The van der Waals surface area contributed by atoms with Crippen LogP contribution >= 0.6 is 0 Å². The monoisotopic (exact) mass is 351 g/mol. The van der Waals surface area contributed by atoms with Crippen LogP contribution in [0.2, 0.25) is 0 Å². The summed E-state index contributed by atoms with van der Waals surface area (Å²) in [5.41, 5.74) is 2.56. The highest BCUT2D eigenvalue weighted by atomic mass is 16.3. The summed E-state index contributed by atoms with van der Waals surface area (Å²) in [6, 6.07) is 5.20. The molecule has 0 radical (unpaired) electrons. The van der Waals surface area contributed by atoms with Gasteiger partial charge in [-0.15, -0.1) is 0 Å². The van der Waals surface area contributed by atoms with Crippen molar-refractivity contribution in [2.24, 2.45) is 0 Å². The number of aryl methyl sites for hydroxylation is 1. The number of nitrogens with zero attached hydrogens (tertiary/aromatic N) is 5. The van der Waals surface area contributed by atoms with Crippen LogP contribution in [0.1, 0.15) is 23.0 Å². The number of aromatic nitrogens is 6. The van der Waals surface area contributed by atoms with E-state index in [1.54, 1.807) is 41.5 Å². The van der Waals surface area contributed by atoms with Gasteiger partial charge < -0.3 is 9.73 Å². The maximum absolute atomic E-state index is 12.3. The largest absolute Gasteiger partial charge is 0.463 e. The van der Waals surface area contributed by atoms with Crippen LogP contribution in [0, 0.1) is 0 Å². The first kappa shape index (κ1) is 15.9. The summed E-state index contributed by atoms with van der Waals surface area (Å²) in [6.45, 7) is 3.44. The quantitative estimate of drug-likeness (QED) is 0.555. The van der Waals surface area contributed by atoms with Crippen molar-refractivity contribution in [3.63, 3.8) is 0 Å². The minimum absolute atomic E-state index is 0.272. The van der Waals surface area contributed by atoms with Gasteiger partial charge in [-0.25, -0.2) is 0 Å². The molecule has 4 rings (SSSR count). The second-order valence-electron chi connectivity index (χ2n) is 5.73. The van der Waals surface area contributed by atoms with Crippen molar-refractivity contribution in [1.29, 1.82) is 0 Å². The van der Waals surface area contributed by atoms with Crippen molar-refractivity contribution in [3.8, 4) is 11.5 Å². The molecule has 4 heterocycles. The zero-order chi connectivity index (χ0) is 17.9. The highest BCUT2D eigenvalue weighted by Gasteiger charge is 2.14. The van der Waals surface area contributed by atoms with Crippen molar-refractivity contribution in [1.82, 2.24) is 29.8 Å². The topological polar surface area (TPSA) is 107 Å². The van der Waals surface area contributed by atoms with Gasteiger partial charge in [0.05, 0.1) is 30.9 Å². The summed E-state index contributed by atoms with van der Waals surface area (Å²) >= 11 is 0. The van der Waals surface area contributed by atoms with Crippen LogP contribution < -0.4 is 5.32 Å². The van der Waals surface area contributed by atoms with Crippen molar-refractivity contribution < 1.29 is 9.21 Å². The van der Waals surface area contributed by atoms with Gasteiger partial charge in [0, 0.05) is 30.6 Å². The zero-order valence-corrected chi connectivity index (χ0v) is 14.1.